The summed E-state index contributed by atoms with van der Waals surface area (Å²) in [6, 6.07) is 10.2. The Bertz CT molecular complexity index is 3190. The molecule has 19 N–H and O–H groups in total. The Kier molecular flexibility index (Phi) is 26.0. The van der Waals surface area contributed by atoms with Crippen molar-refractivity contribution in [3.8, 4) is 17.1 Å². The number of H-pyrrole nitrogens is 1. The fourth-order valence-electron chi connectivity index (χ4n) is 12.4. The van der Waals surface area contributed by atoms with Gasteiger partial charge in [0.25, 0.3) is 0 Å². The van der Waals surface area contributed by atoms with E-state index in [0.29, 0.717) is 13.0 Å². The van der Waals surface area contributed by atoms with E-state index in [1.54, 1.807) is 10.9 Å². The lowest BCUT2D eigenvalue weighted by Crippen LogP contribution is -2.68. The standard InChI is InChI=1S/C62H99N19O13/c1-77-22-24-78(25-23-77)41-16-19-45-46(28-41)70-59(69-45)37-14-17-42(18-15-37)89-35-40-34-80(76-73-40)21-11-7-5-3-2-4-6-10-20-79-32-38(71-74-79)12-8-9-13-39-33-81(75-72-39)26-27-88-60(47(82)36-90-61-50(67)55(86)53(84)48(30-63)91-61)94-58-52(83)43(65)29-44(66)57(58)93-62-51(68)56(87)54(85)49(31-64)92-62/h14-19,28,32-34,43-44,47-58,60-62,82-87H,2-13,20-27,29-31,35-36,63-68H2,1H3,(H,69,70)/t43-,44?,47?,48?,49?,50?,51?,52?,53-,54-,55?,56?,57-,58?,60?,61+,62-/m1/s1. The number of nitrogens with one attached hydrogen (secondary N) is 1. The van der Waals surface area contributed by atoms with Crippen LogP contribution in [0.15, 0.2) is 61.1 Å². The second-order valence-corrected chi connectivity index (χ2v) is 25.4. The molecule has 4 fully saturated rings. The summed E-state index contributed by atoms with van der Waals surface area (Å²) < 4.78 is 47.4. The Labute approximate surface area is 546 Å². The van der Waals surface area contributed by atoms with Crippen molar-refractivity contribution in [2.24, 2.45) is 34.4 Å². The molecule has 0 amide bonds. The first-order chi connectivity index (χ1) is 45.5. The highest BCUT2D eigenvalue weighted by molar-refractivity contribution is 5.83. The Balaban J connectivity index is 0.589. The second kappa shape index (κ2) is 34.4. The van der Waals surface area contributed by atoms with Gasteiger partial charge in [0.05, 0.1) is 66.6 Å². The minimum atomic E-state index is -1.62. The number of rotatable bonds is 35. The number of hydrogen-bond donors (Lipinski definition) is 13. The average Bonchev–Trinajstić information content (AvgIpc) is 1.26. The Morgan fingerprint density at radius 3 is 1.81 bits per heavy atom. The number of piperazine rings is 1. The number of aliphatic hydroxyl groups excluding tert-OH is 6. The molecule has 4 aliphatic rings. The van der Waals surface area contributed by atoms with Crippen molar-refractivity contribution in [2.75, 3.05) is 64.4 Å². The number of fused-ring (bicyclic) bond motifs is 1. The van der Waals surface area contributed by atoms with Crippen LogP contribution in [0.2, 0.25) is 0 Å². The number of nitrogens with zero attached hydrogens (tertiary/aromatic N) is 12. The topological polar surface area (TPSA) is 469 Å². The minimum absolute atomic E-state index is 0.0721. The third-order valence-electron chi connectivity index (χ3n) is 18.2. The van der Waals surface area contributed by atoms with E-state index >= 15 is 0 Å². The molecule has 3 saturated heterocycles. The van der Waals surface area contributed by atoms with Gasteiger partial charge in [-0.2, -0.15) is 0 Å². The summed E-state index contributed by atoms with van der Waals surface area (Å²) in [5.41, 5.74) is 43.5. The van der Waals surface area contributed by atoms with Crippen molar-refractivity contribution in [1.82, 2.24) is 59.8 Å². The summed E-state index contributed by atoms with van der Waals surface area (Å²) in [5.74, 6) is 1.60. The number of unbranched alkanes of at least 4 members (excludes halogenated alkanes) is 8. The highest BCUT2D eigenvalue weighted by Gasteiger charge is 2.50. The zero-order chi connectivity index (χ0) is 66.3. The maximum Gasteiger partial charge on any atom is 0.186 e. The van der Waals surface area contributed by atoms with Crippen LogP contribution >= 0.6 is 0 Å². The van der Waals surface area contributed by atoms with Gasteiger partial charge in [-0.1, -0.05) is 54.2 Å². The summed E-state index contributed by atoms with van der Waals surface area (Å²) in [6.45, 7) is 5.38. The van der Waals surface area contributed by atoms with E-state index in [4.69, 9.17) is 72.5 Å². The molecular formula is C62H99N19O13. The molecule has 0 bridgehead atoms. The lowest BCUT2D eigenvalue weighted by Gasteiger charge is -2.47. The Morgan fingerprint density at radius 2 is 1.19 bits per heavy atom. The van der Waals surface area contributed by atoms with Crippen molar-refractivity contribution >= 4 is 16.7 Å². The van der Waals surface area contributed by atoms with Crippen LogP contribution < -0.4 is 44.0 Å². The molecule has 0 radical (unpaired) electrons. The number of ether oxygens (including phenoxy) is 7. The van der Waals surface area contributed by atoms with Crippen molar-refractivity contribution in [1.29, 1.82) is 0 Å². The molecule has 7 heterocycles. The Hall–Kier alpha value is -5.83. The van der Waals surface area contributed by atoms with E-state index in [2.05, 4.69) is 71.0 Å². The number of benzene rings is 2. The van der Waals surface area contributed by atoms with Crippen LogP contribution in [0, 0.1) is 0 Å². The van der Waals surface area contributed by atoms with Gasteiger partial charge in [-0.05, 0) is 94.5 Å². The number of hydrogen-bond acceptors (Lipinski definition) is 28. The minimum Gasteiger partial charge on any atom is -0.487 e. The van der Waals surface area contributed by atoms with Gasteiger partial charge in [-0.3, -0.25) is 9.36 Å². The maximum absolute atomic E-state index is 11.6. The van der Waals surface area contributed by atoms with Crippen LogP contribution in [0.5, 0.6) is 5.75 Å². The fourth-order valence-corrected chi connectivity index (χ4v) is 12.4. The highest BCUT2D eigenvalue weighted by Crippen LogP contribution is 2.32. The van der Waals surface area contributed by atoms with E-state index in [-0.39, 0.29) is 32.7 Å². The molecule has 17 atom stereocenters. The Morgan fingerprint density at radius 1 is 0.628 bits per heavy atom. The molecule has 6 aromatic rings. The van der Waals surface area contributed by atoms with E-state index in [0.717, 1.165) is 129 Å². The summed E-state index contributed by atoms with van der Waals surface area (Å²) in [5, 5.41) is 91.2. The van der Waals surface area contributed by atoms with Gasteiger partial charge in [0.1, 0.15) is 78.8 Å². The molecular weight excluding hydrogens is 1220 g/mol. The molecule has 11 unspecified atom stereocenters. The van der Waals surface area contributed by atoms with E-state index < -0.39 is 111 Å². The van der Waals surface area contributed by atoms with Crippen molar-refractivity contribution in [2.45, 2.75) is 214 Å². The smallest absolute Gasteiger partial charge is 0.186 e. The monoisotopic (exact) mass is 1320 g/mol. The second-order valence-electron chi connectivity index (χ2n) is 25.4. The molecule has 2 aromatic carbocycles. The number of likely N-dealkylation sites (N-methyl/N-ethyl adjacent to an activating group) is 1. The zero-order valence-electron chi connectivity index (χ0n) is 53.6. The van der Waals surface area contributed by atoms with Crippen molar-refractivity contribution < 1.29 is 63.8 Å². The van der Waals surface area contributed by atoms with Crippen LogP contribution in [0.4, 0.5) is 5.69 Å². The van der Waals surface area contributed by atoms with Crippen molar-refractivity contribution in [3.63, 3.8) is 0 Å². The van der Waals surface area contributed by atoms with E-state index in [1.807, 2.05) is 46.0 Å². The first-order valence-corrected chi connectivity index (χ1v) is 33.2. The number of aromatic amines is 1. The molecule has 0 spiro atoms. The third kappa shape index (κ3) is 18.8. The molecule has 94 heavy (non-hydrogen) atoms. The molecule has 10 rings (SSSR count). The quantitative estimate of drug-likeness (QED) is 0.0153. The number of aromatic nitrogens is 11. The average molecular weight is 1320 g/mol. The maximum atomic E-state index is 11.6. The molecule has 32 nitrogen and oxygen atoms in total. The van der Waals surface area contributed by atoms with Crippen LogP contribution in [-0.4, -0.2) is 254 Å². The van der Waals surface area contributed by atoms with Gasteiger partial charge in [0.2, 0.25) is 0 Å². The largest absolute Gasteiger partial charge is 0.487 e. The molecule has 1 aliphatic carbocycles. The third-order valence-corrected chi connectivity index (χ3v) is 18.2. The molecule has 4 aromatic heterocycles. The lowest BCUT2D eigenvalue weighted by molar-refractivity contribution is -0.316. The first-order valence-electron chi connectivity index (χ1n) is 33.2. The molecule has 3 aliphatic heterocycles. The number of nitrogens with two attached hydrogens (primary N) is 6. The van der Waals surface area contributed by atoms with Crippen LogP contribution in [-0.2, 0) is 67.5 Å². The first kappa shape index (κ1) is 71.0. The SMILES string of the molecule is CN1CCN(c2ccc3nc(-c4ccc(OCc5cn(CCCCCCCCCCn6cc(CCCCc7cn(CCOC(OC8C(O)[C@H](N)CC(N)[C@H]8O[C@H]8OC(CN)[C@@H](O)C(O)C8N)C(O)CO[C@H]8OC(CN)[C@@H](O)C(O)C8N)nn7)nn6)nn5)cc4)[nH]c3c2)CC1. The zero-order valence-corrected chi connectivity index (χ0v) is 53.6. The molecule has 1 saturated carbocycles. The predicted molar refractivity (Wildman–Crippen MR) is 343 cm³/mol. The normalized spacial score (nSPS) is 28.5. The van der Waals surface area contributed by atoms with Gasteiger partial charge in [0, 0.05) is 88.1 Å². The van der Waals surface area contributed by atoms with Gasteiger partial charge in [-0.15, -0.1) is 15.3 Å². The lowest BCUT2D eigenvalue weighted by atomic mass is 9.84. The number of anilines is 1. The summed E-state index contributed by atoms with van der Waals surface area (Å²) in [7, 11) is 2.17. The van der Waals surface area contributed by atoms with Gasteiger partial charge in [-0.25, -0.2) is 9.67 Å². The number of aryl methyl sites for hydroxylation is 4. The van der Waals surface area contributed by atoms with Gasteiger partial charge in [0.15, 0.2) is 18.9 Å². The molecule has 32 heteroatoms. The molecule has 520 valence electrons. The van der Waals surface area contributed by atoms with Gasteiger partial charge < -0.3 is 113 Å². The van der Waals surface area contributed by atoms with Crippen molar-refractivity contribution in [3.05, 3.63) is 78.1 Å². The van der Waals surface area contributed by atoms with Crippen LogP contribution in [0.1, 0.15) is 87.7 Å². The van der Waals surface area contributed by atoms with Crippen LogP contribution in [0.3, 0.4) is 0 Å². The summed E-state index contributed by atoms with van der Waals surface area (Å²) in [6.07, 6.45) is 0.552. The van der Waals surface area contributed by atoms with Crippen LogP contribution in [0.25, 0.3) is 22.4 Å². The van der Waals surface area contributed by atoms with Gasteiger partial charge >= 0.3 is 0 Å². The summed E-state index contributed by atoms with van der Waals surface area (Å²) >= 11 is 0. The van der Waals surface area contributed by atoms with E-state index in [1.165, 1.54) is 31.4 Å². The van der Waals surface area contributed by atoms with E-state index in [9.17, 15) is 30.6 Å². The highest BCUT2D eigenvalue weighted by atomic mass is 16.7. The predicted octanol–water partition coefficient (Wildman–Crippen LogP) is -1.90. The fraction of sp³-hybridized carbons (Fsp3) is 0.694. The summed E-state index contributed by atoms with van der Waals surface area (Å²) in [4.78, 5) is 13.1. The number of aliphatic hydroxyl groups is 6. The number of imidazole rings is 1.